The van der Waals surface area contributed by atoms with Crippen LogP contribution in [-0.2, 0) is 0 Å². The number of benzene rings is 2. The van der Waals surface area contributed by atoms with Gasteiger partial charge in [0.05, 0.1) is 29.7 Å². The van der Waals surface area contributed by atoms with Gasteiger partial charge in [0.25, 0.3) is 5.91 Å². The third-order valence-corrected chi connectivity index (χ3v) is 7.11. The van der Waals surface area contributed by atoms with E-state index in [1.165, 1.54) is 5.56 Å². The van der Waals surface area contributed by atoms with Gasteiger partial charge in [-0.25, -0.2) is 9.99 Å². The molecular formula is C22H23BrN4O2. The lowest BCUT2D eigenvalue weighted by Crippen LogP contribution is -2.38. The quantitative estimate of drug-likeness (QED) is 0.634. The summed E-state index contributed by atoms with van der Waals surface area (Å²) in [6.45, 7) is 6.10. The van der Waals surface area contributed by atoms with Crippen molar-refractivity contribution in [3.63, 3.8) is 0 Å². The van der Waals surface area contributed by atoms with Gasteiger partial charge in [-0.1, -0.05) is 15.9 Å². The molecule has 2 fully saturated rings. The molecule has 2 aliphatic rings. The molecule has 1 aromatic heterocycles. The van der Waals surface area contributed by atoms with Crippen LogP contribution in [0.25, 0.3) is 22.4 Å². The van der Waals surface area contributed by atoms with Gasteiger partial charge in [-0.15, -0.1) is 0 Å². The first-order chi connectivity index (χ1) is 14.0. The van der Waals surface area contributed by atoms with Gasteiger partial charge < -0.3 is 9.72 Å². The molecule has 7 heteroatoms. The van der Waals surface area contributed by atoms with E-state index in [4.69, 9.17) is 9.72 Å². The fourth-order valence-corrected chi connectivity index (χ4v) is 5.01. The molecule has 0 spiro atoms. The average Bonchev–Trinajstić information content (AvgIpc) is 3.45. The number of amides is 1. The molecule has 0 saturated carbocycles. The van der Waals surface area contributed by atoms with Crippen molar-refractivity contribution in [1.29, 1.82) is 0 Å². The van der Waals surface area contributed by atoms with Crippen LogP contribution in [0.5, 0.6) is 5.75 Å². The summed E-state index contributed by atoms with van der Waals surface area (Å²) in [5.41, 5.74) is 5.73. The summed E-state index contributed by atoms with van der Waals surface area (Å²) in [6, 6.07) is 8.02. The number of carbonyl (C=O) groups is 1. The number of aromatic nitrogens is 2. The predicted molar refractivity (Wildman–Crippen MR) is 116 cm³/mol. The smallest absolute Gasteiger partial charge is 0.268 e. The fraction of sp³-hybridized carbons (Fsp3) is 0.364. The Kier molecular flexibility index (Phi) is 4.40. The Morgan fingerprint density at radius 3 is 2.62 bits per heavy atom. The van der Waals surface area contributed by atoms with Crippen LogP contribution in [0.1, 0.15) is 34.3 Å². The summed E-state index contributed by atoms with van der Waals surface area (Å²) in [4.78, 5) is 21.3. The van der Waals surface area contributed by atoms with Gasteiger partial charge >= 0.3 is 0 Å². The first-order valence-corrected chi connectivity index (χ1v) is 10.7. The Morgan fingerprint density at radius 1 is 1.21 bits per heavy atom. The van der Waals surface area contributed by atoms with Crippen LogP contribution in [0.2, 0.25) is 0 Å². The predicted octanol–water partition coefficient (Wildman–Crippen LogP) is 4.45. The number of hydrazine groups is 1. The highest BCUT2D eigenvalue weighted by atomic mass is 79.9. The Morgan fingerprint density at radius 2 is 1.97 bits per heavy atom. The maximum absolute atomic E-state index is 13.1. The number of aromatic amines is 1. The van der Waals surface area contributed by atoms with Crippen LogP contribution in [-0.4, -0.2) is 52.1 Å². The number of hydrogen-bond donors (Lipinski definition) is 1. The topological polar surface area (TPSA) is 61.5 Å². The molecule has 0 atom stereocenters. The Bertz CT molecular complexity index is 1120. The van der Waals surface area contributed by atoms with E-state index < -0.39 is 0 Å². The van der Waals surface area contributed by atoms with E-state index in [-0.39, 0.29) is 5.91 Å². The monoisotopic (exact) mass is 454 g/mol. The Hall–Kier alpha value is -2.38. The minimum Gasteiger partial charge on any atom is -0.496 e. The first-order valence-electron chi connectivity index (χ1n) is 9.90. The molecule has 5 rings (SSSR count). The van der Waals surface area contributed by atoms with Crippen LogP contribution in [0.15, 0.2) is 28.7 Å². The number of hydrogen-bond acceptors (Lipinski definition) is 4. The number of imidazole rings is 1. The Labute approximate surface area is 178 Å². The molecule has 3 heterocycles. The van der Waals surface area contributed by atoms with Crippen molar-refractivity contribution in [2.24, 2.45) is 0 Å². The number of fused-ring (bicyclic) bond motifs is 3. The van der Waals surface area contributed by atoms with Crippen LogP contribution in [0, 0.1) is 13.8 Å². The number of nitrogens with zero attached hydrogens (tertiary/aromatic N) is 3. The summed E-state index contributed by atoms with van der Waals surface area (Å²) in [5, 5.41) is 4.09. The summed E-state index contributed by atoms with van der Waals surface area (Å²) >= 11 is 3.61. The lowest BCUT2D eigenvalue weighted by molar-refractivity contribution is 0.0334. The highest BCUT2D eigenvalue weighted by Crippen LogP contribution is 2.35. The van der Waals surface area contributed by atoms with Gasteiger partial charge in [0, 0.05) is 23.1 Å². The van der Waals surface area contributed by atoms with Crippen LogP contribution in [0.4, 0.5) is 0 Å². The number of nitrogens with one attached hydrogen (secondary N) is 1. The van der Waals surface area contributed by atoms with E-state index in [2.05, 4.69) is 45.8 Å². The second-order valence-corrected chi connectivity index (χ2v) is 8.69. The van der Waals surface area contributed by atoms with Crippen LogP contribution < -0.4 is 4.74 Å². The average molecular weight is 455 g/mol. The molecule has 1 amide bonds. The van der Waals surface area contributed by atoms with Gasteiger partial charge in [0.15, 0.2) is 0 Å². The molecule has 0 unspecified atom stereocenters. The normalized spacial score (nSPS) is 20.6. The Balaban J connectivity index is 1.54. The molecule has 150 valence electrons. The standard InChI is InChI=1S/C22H23BrN4O2/c1-12-13(2)20-18(11-17(12)23)24-21(25-20)16-5-4-14(10-19(16)29-3)22(28)27-15-6-8-26(27)9-7-15/h4-5,10-11,15H,6-9H2,1-3H3,(H,24,25). The van der Waals surface area contributed by atoms with E-state index in [9.17, 15) is 4.79 Å². The van der Waals surface area contributed by atoms with E-state index in [1.54, 1.807) is 7.11 Å². The van der Waals surface area contributed by atoms with Gasteiger partial charge in [-0.3, -0.25) is 9.80 Å². The zero-order valence-electron chi connectivity index (χ0n) is 16.8. The maximum atomic E-state index is 13.1. The molecule has 1 N–H and O–H groups in total. The SMILES string of the molecule is COc1cc(C(=O)N2C3CCN2CC3)ccc1-c1nc2c(C)c(C)c(Br)cc2[nH]1. The minimum atomic E-state index is 0.0508. The molecule has 2 bridgehead atoms. The summed E-state index contributed by atoms with van der Waals surface area (Å²) < 4.78 is 6.70. The number of carbonyl (C=O) groups excluding carboxylic acids is 1. The maximum Gasteiger partial charge on any atom is 0.268 e. The lowest BCUT2D eigenvalue weighted by Gasteiger charge is -2.24. The zero-order valence-corrected chi connectivity index (χ0v) is 18.3. The van der Waals surface area contributed by atoms with Crippen LogP contribution >= 0.6 is 15.9 Å². The number of methoxy groups -OCH3 is 1. The van der Waals surface area contributed by atoms with Crippen LogP contribution in [0.3, 0.4) is 0 Å². The van der Waals surface area contributed by atoms with Crippen molar-refractivity contribution in [1.82, 2.24) is 20.0 Å². The van der Waals surface area contributed by atoms with Gasteiger partial charge in [-0.05, 0) is 62.1 Å². The number of rotatable bonds is 3. The van der Waals surface area contributed by atoms with Gasteiger partial charge in [-0.2, -0.15) is 0 Å². The zero-order chi connectivity index (χ0) is 20.3. The number of H-pyrrole nitrogens is 1. The molecule has 29 heavy (non-hydrogen) atoms. The molecule has 2 aliphatic heterocycles. The largest absolute Gasteiger partial charge is 0.496 e. The molecule has 6 nitrogen and oxygen atoms in total. The third kappa shape index (κ3) is 2.87. The molecule has 2 saturated heterocycles. The van der Waals surface area contributed by atoms with E-state index in [0.29, 0.717) is 17.4 Å². The number of piperidine rings is 1. The second-order valence-electron chi connectivity index (χ2n) is 7.84. The molecule has 0 aliphatic carbocycles. The second kappa shape index (κ2) is 6.85. The number of ether oxygens (including phenoxy) is 1. The van der Waals surface area contributed by atoms with Crippen molar-refractivity contribution < 1.29 is 9.53 Å². The van der Waals surface area contributed by atoms with Gasteiger partial charge in [0.2, 0.25) is 0 Å². The number of halogens is 1. The lowest BCUT2D eigenvalue weighted by atomic mass is 10.1. The minimum absolute atomic E-state index is 0.0508. The third-order valence-electron chi connectivity index (χ3n) is 6.28. The van der Waals surface area contributed by atoms with Crippen molar-refractivity contribution in [2.75, 3.05) is 20.2 Å². The van der Waals surface area contributed by atoms with Crippen molar-refractivity contribution >= 4 is 32.9 Å². The van der Waals surface area contributed by atoms with Gasteiger partial charge in [0.1, 0.15) is 11.6 Å². The summed E-state index contributed by atoms with van der Waals surface area (Å²) in [5.74, 6) is 1.43. The fourth-order valence-electron chi connectivity index (χ4n) is 4.49. The molecular weight excluding hydrogens is 432 g/mol. The van der Waals surface area contributed by atoms with E-state index in [1.807, 2.05) is 23.2 Å². The number of aryl methyl sites for hydroxylation is 1. The highest BCUT2D eigenvalue weighted by Gasteiger charge is 2.41. The summed E-state index contributed by atoms with van der Waals surface area (Å²) in [7, 11) is 1.63. The van der Waals surface area contributed by atoms with E-state index >= 15 is 0 Å². The van der Waals surface area contributed by atoms with E-state index in [0.717, 1.165) is 58.4 Å². The first kappa shape index (κ1) is 18.6. The molecule has 2 aromatic carbocycles. The van der Waals surface area contributed by atoms with Crippen molar-refractivity contribution in [3.05, 3.63) is 45.4 Å². The molecule has 0 radical (unpaired) electrons. The highest BCUT2D eigenvalue weighted by molar-refractivity contribution is 9.10. The van der Waals surface area contributed by atoms with Crippen molar-refractivity contribution in [2.45, 2.75) is 32.7 Å². The van der Waals surface area contributed by atoms with Crippen molar-refractivity contribution in [3.8, 4) is 17.1 Å². The molecule has 3 aromatic rings. The summed E-state index contributed by atoms with van der Waals surface area (Å²) in [6.07, 6.45) is 2.13.